The first-order chi connectivity index (χ1) is 7.11. The van der Waals surface area contributed by atoms with Crippen LogP contribution in [0.1, 0.15) is 0 Å². The van der Waals surface area contributed by atoms with Crippen LogP contribution in [0.4, 0.5) is 0 Å². The third-order valence-electron chi connectivity index (χ3n) is 1.70. The molecule has 4 N–H and O–H groups in total. The van der Waals surface area contributed by atoms with Crippen LogP contribution in [-0.2, 0) is 9.53 Å². The van der Waals surface area contributed by atoms with Gasteiger partial charge in [-0.05, 0) is 0 Å². The zero-order chi connectivity index (χ0) is 11.7. The number of carbonyl (C=O) groups excluding carboxylic acids is 1. The Bertz CT molecular complexity index is 207. The maximum Gasteiger partial charge on any atom is 0.337 e. The van der Waals surface area contributed by atoms with Crippen molar-refractivity contribution >= 4 is 5.97 Å². The molecule has 0 rings (SSSR count). The molecule has 0 aliphatic carbocycles. The second-order valence-corrected chi connectivity index (χ2v) is 3.03. The Balaban J connectivity index is 3.74. The minimum atomic E-state index is -1.06. The molecule has 0 spiro atoms. The lowest BCUT2D eigenvalue weighted by molar-refractivity contribution is -0.145. The first-order valence-corrected chi connectivity index (χ1v) is 4.73. The topological polar surface area (TPSA) is 81.6 Å². The second kappa shape index (κ2) is 8.16. The number of esters is 1. The van der Waals surface area contributed by atoms with Crippen molar-refractivity contribution in [3.8, 4) is 0 Å². The highest BCUT2D eigenvalue weighted by molar-refractivity contribution is 5.74. The lowest BCUT2D eigenvalue weighted by atomic mass is 10.4. The summed E-state index contributed by atoms with van der Waals surface area (Å²) in [6, 6.07) is 0. The van der Waals surface area contributed by atoms with Gasteiger partial charge in [0.05, 0.1) is 0 Å². The molecular weight excluding hydrogens is 194 g/mol. The Morgan fingerprint density at radius 3 is 2.27 bits per heavy atom. The smallest absolute Gasteiger partial charge is 0.337 e. The second-order valence-electron chi connectivity index (χ2n) is 3.03. The molecule has 5 nitrogen and oxygen atoms in total. The minimum absolute atomic E-state index is 0.269. The highest BCUT2D eigenvalue weighted by Crippen LogP contribution is 1.90. The number of nitrogens with zero attached hydrogens (tertiary/aromatic N) is 1. The predicted molar refractivity (Wildman–Crippen MR) is 60.0 cm³/mol. The number of ether oxygens (including phenoxy) is 1. The fraction of sp³-hybridized carbons (Fsp3) is 0.500. The van der Waals surface area contributed by atoms with Crippen LogP contribution < -0.4 is 11.5 Å². The van der Waals surface area contributed by atoms with Gasteiger partial charge in [-0.1, -0.05) is 12.2 Å². The Hall–Kier alpha value is -1.17. The maximum atomic E-state index is 10.9. The Morgan fingerprint density at radius 1 is 1.33 bits per heavy atom. The first kappa shape index (κ1) is 13.8. The van der Waals surface area contributed by atoms with Gasteiger partial charge in [0, 0.05) is 19.6 Å². The van der Waals surface area contributed by atoms with E-state index >= 15 is 0 Å². The lowest BCUT2D eigenvalue weighted by Gasteiger charge is -2.18. The van der Waals surface area contributed by atoms with Crippen LogP contribution in [0.2, 0.25) is 0 Å². The fourth-order valence-electron chi connectivity index (χ4n) is 0.994. The van der Waals surface area contributed by atoms with Gasteiger partial charge in [0.2, 0.25) is 0 Å². The number of hydrogen-bond donors (Lipinski definition) is 2. The summed E-state index contributed by atoms with van der Waals surface area (Å²) in [4.78, 5) is 12.9. The molecule has 0 aromatic heterocycles. The number of hydrogen-bond acceptors (Lipinski definition) is 5. The van der Waals surface area contributed by atoms with Gasteiger partial charge in [0.15, 0.2) is 6.17 Å². The molecule has 0 aromatic rings. The van der Waals surface area contributed by atoms with Gasteiger partial charge in [0.1, 0.15) is 6.61 Å². The minimum Gasteiger partial charge on any atom is -0.462 e. The largest absolute Gasteiger partial charge is 0.462 e. The van der Waals surface area contributed by atoms with Crippen molar-refractivity contribution in [2.24, 2.45) is 11.5 Å². The Morgan fingerprint density at radius 2 is 1.87 bits per heavy atom. The SMILES string of the molecule is C=CCN(CC=C)CCOC(=O)C(N)N. The summed E-state index contributed by atoms with van der Waals surface area (Å²) in [5.74, 6) is -0.591. The van der Waals surface area contributed by atoms with E-state index in [1.54, 1.807) is 12.2 Å². The average molecular weight is 213 g/mol. The molecule has 5 heteroatoms. The molecular formula is C10H19N3O2. The van der Waals surface area contributed by atoms with Gasteiger partial charge in [0.25, 0.3) is 0 Å². The van der Waals surface area contributed by atoms with Gasteiger partial charge >= 0.3 is 5.97 Å². The van der Waals surface area contributed by atoms with E-state index in [0.29, 0.717) is 6.54 Å². The molecule has 0 unspecified atom stereocenters. The zero-order valence-corrected chi connectivity index (χ0v) is 8.89. The van der Waals surface area contributed by atoms with Gasteiger partial charge in [-0.25, -0.2) is 4.79 Å². The molecule has 0 saturated heterocycles. The van der Waals surface area contributed by atoms with E-state index in [2.05, 4.69) is 13.2 Å². The molecule has 15 heavy (non-hydrogen) atoms. The Labute approximate surface area is 90.4 Å². The van der Waals surface area contributed by atoms with Crippen molar-refractivity contribution in [2.45, 2.75) is 6.17 Å². The van der Waals surface area contributed by atoms with Crippen LogP contribution >= 0.6 is 0 Å². The maximum absolute atomic E-state index is 10.9. The van der Waals surface area contributed by atoms with Crippen LogP contribution in [0.5, 0.6) is 0 Å². The summed E-state index contributed by atoms with van der Waals surface area (Å²) in [5, 5.41) is 0. The molecule has 0 aliphatic rings. The summed E-state index contributed by atoms with van der Waals surface area (Å²) in [7, 11) is 0. The lowest BCUT2D eigenvalue weighted by Crippen LogP contribution is -2.41. The first-order valence-electron chi connectivity index (χ1n) is 4.73. The van der Waals surface area contributed by atoms with Crippen molar-refractivity contribution < 1.29 is 9.53 Å². The van der Waals surface area contributed by atoms with E-state index in [1.165, 1.54) is 0 Å². The summed E-state index contributed by atoms with van der Waals surface area (Å²) in [6.07, 6.45) is 2.50. The predicted octanol–water partition coefficient (Wildman–Crippen LogP) is -0.553. The number of carbonyl (C=O) groups is 1. The number of nitrogens with two attached hydrogens (primary N) is 2. The molecule has 0 fully saturated rings. The molecule has 0 bridgehead atoms. The Kier molecular flexibility index (Phi) is 7.53. The van der Waals surface area contributed by atoms with Crippen molar-refractivity contribution in [3.63, 3.8) is 0 Å². The van der Waals surface area contributed by atoms with Gasteiger partial charge in [-0.3, -0.25) is 4.90 Å². The molecule has 86 valence electrons. The van der Waals surface area contributed by atoms with Crippen molar-refractivity contribution in [3.05, 3.63) is 25.3 Å². The van der Waals surface area contributed by atoms with E-state index in [1.807, 2.05) is 4.90 Å². The van der Waals surface area contributed by atoms with Crippen LogP contribution in [-0.4, -0.2) is 43.3 Å². The van der Waals surface area contributed by atoms with Gasteiger partial charge < -0.3 is 16.2 Å². The monoisotopic (exact) mass is 213 g/mol. The third kappa shape index (κ3) is 6.84. The van der Waals surface area contributed by atoms with Crippen molar-refractivity contribution in [1.29, 1.82) is 0 Å². The molecule has 0 aromatic carbocycles. The number of rotatable bonds is 8. The van der Waals surface area contributed by atoms with Crippen molar-refractivity contribution in [2.75, 3.05) is 26.2 Å². The summed E-state index contributed by atoms with van der Waals surface area (Å²) in [6.45, 7) is 9.58. The molecule has 0 radical (unpaired) electrons. The van der Waals surface area contributed by atoms with E-state index in [9.17, 15) is 4.79 Å². The zero-order valence-electron chi connectivity index (χ0n) is 8.89. The van der Waals surface area contributed by atoms with Gasteiger partial charge in [-0.15, -0.1) is 13.2 Å². The molecule has 0 heterocycles. The summed E-state index contributed by atoms with van der Waals surface area (Å²) >= 11 is 0. The molecule has 0 amide bonds. The van der Waals surface area contributed by atoms with Crippen LogP contribution in [0.15, 0.2) is 25.3 Å². The highest BCUT2D eigenvalue weighted by Gasteiger charge is 2.09. The molecule has 0 saturated carbocycles. The summed E-state index contributed by atoms with van der Waals surface area (Å²) < 4.78 is 4.83. The van der Waals surface area contributed by atoms with E-state index in [4.69, 9.17) is 16.2 Å². The van der Waals surface area contributed by atoms with Crippen LogP contribution in [0.25, 0.3) is 0 Å². The fourth-order valence-corrected chi connectivity index (χ4v) is 0.994. The highest BCUT2D eigenvalue weighted by atomic mass is 16.5. The molecule has 0 aliphatic heterocycles. The normalized spacial score (nSPS) is 10.4. The van der Waals surface area contributed by atoms with E-state index in [-0.39, 0.29) is 6.61 Å². The van der Waals surface area contributed by atoms with E-state index in [0.717, 1.165) is 13.1 Å². The molecule has 0 atom stereocenters. The third-order valence-corrected chi connectivity index (χ3v) is 1.70. The van der Waals surface area contributed by atoms with Gasteiger partial charge in [-0.2, -0.15) is 0 Å². The van der Waals surface area contributed by atoms with Crippen LogP contribution in [0, 0.1) is 0 Å². The van der Waals surface area contributed by atoms with Crippen LogP contribution in [0.3, 0.4) is 0 Å². The van der Waals surface area contributed by atoms with E-state index < -0.39 is 12.1 Å². The van der Waals surface area contributed by atoms with Crippen molar-refractivity contribution in [1.82, 2.24) is 4.90 Å². The average Bonchev–Trinajstić information content (AvgIpc) is 2.18. The quantitative estimate of drug-likeness (QED) is 0.321. The summed E-state index contributed by atoms with van der Waals surface area (Å²) in [5.41, 5.74) is 10.3. The standard InChI is InChI=1S/C10H19N3O2/c1-3-5-13(6-4-2)7-8-15-10(14)9(11)12/h3-4,9H,1-2,5-8,11-12H2.